The van der Waals surface area contributed by atoms with Gasteiger partial charge in [-0.25, -0.2) is 0 Å². The largest absolute Gasteiger partial charge is 0.135 e. The first-order valence-electron chi connectivity index (χ1n) is 7.97. The summed E-state index contributed by atoms with van der Waals surface area (Å²) in [5.41, 5.74) is 4.91. The zero-order valence-electron chi connectivity index (χ0n) is 13.2. The van der Waals surface area contributed by atoms with E-state index >= 15 is 0 Å². The molecule has 0 bridgehead atoms. The molecule has 1 heterocycles. The lowest BCUT2D eigenvalue weighted by Crippen LogP contribution is -1.88. The van der Waals surface area contributed by atoms with Gasteiger partial charge >= 0.3 is 0 Å². The van der Waals surface area contributed by atoms with Crippen LogP contribution in [0.15, 0.2) is 73.3 Å². The normalized spacial score (nSPS) is 11.2. The van der Waals surface area contributed by atoms with Crippen molar-refractivity contribution < 1.29 is 0 Å². The molecule has 0 atom stereocenters. The molecule has 0 aliphatic heterocycles. The van der Waals surface area contributed by atoms with Gasteiger partial charge in [0.15, 0.2) is 0 Å². The van der Waals surface area contributed by atoms with Crippen LogP contribution < -0.4 is 0 Å². The van der Waals surface area contributed by atoms with Crippen LogP contribution >= 0.6 is 11.3 Å². The van der Waals surface area contributed by atoms with Crippen molar-refractivity contribution in [1.82, 2.24) is 0 Å². The molecule has 0 saturated carbocycles. The first-order chi connectivity index (χ1) is 11.3. The van der Waals surface area contributed by atoms with Gasteiger partial charge in [-0.05, 0) is 34.8 Å². The quantitative estimate of drug-likeness (QED) is 0.396. The van der Waals surface area contributed by atoms with E-state index in [1.54, 1.807) is 0 Å². The number of aryl methyl sites for hydroxylation is 1. The standard InChI is InChI=1S/C22H18S/c1-3-16-11-13-17(14-12-16)15(2)18-8-6-9-20-19-7-4-5-10-21(19)23-22(18)20/h4-14H,2-3H2,1H3. The molecule has 0 unspecified atom stereocenters. The maximum absolute atomic E-state index is 4.38. The highest BCUT2D eigenvalue weighted by Crippen LogP contribution is 2.39. The molecule has 4 rings (SSSR count). The Bertz CT molecular complexity index is 1000. The Kier molecular flexibility index (Phi) is 3.51. The zero-order valence-corrected chi connectivity index (χ0v) is 14.0. The van der Waals surface area contributed by atoms with Gasteiger partial charge < -0.3 is 0 Å². The smallest absolute Gasteiger partial charge is 0.0433 e. The van der Waals surface area contributed by atoms with Crippen LogP contribution in [0.3, 0.4) is 0 Å². The van der Waals surface area contributed by atoms with Crippen LogP contribution in [0.5, 0.6) is 0 Å². The summed E-state index contributed by atoms with van der Waals surface area (Å²) in [6.45, 7) is 6.56. The van der Waals surface area contributed by atoms with Crippen LogP contribution in [0.1, 0.15) is 23.6 Å². The number of rotatable bonds is 3. The summed E-state index contributed by atoms with van der Waals surface area (Å²) in [5, 5.41) is 2.66. The molecular weight excluding hydrogens is 296 g/mol. The van der Waals surface area contributed by atoms with Crippen molar-refractivity contribution in [3.05, 3.63) is 90.0 Å². The molecule has 0 fully saturated rings. The van der Waals surface area contributed by atoms with E-state index in [2.05, 4.69) is 80.2 Å². The van der Waals surface area contributed by atoms with E-state index in [1.165, 1.54) is 36.9 Å². The molecule has 0 radical (unpaired) electrons. The highest BCUT2D eigenvalue weighted by molar-refractivity contribution is 7.26. The number of thiophene rings is 1. The Morgan fingerprint density at radius 2 is 1.61 bits per heavy atom. The van der Waals surface area contributed by atoms with Gasteiger partial charge in [0.1, 0.15) is 0 Å². The Morgan fingerprint density at radius 1 is 0.870 bits per heavy atom. The molecule has 0 aliphatic rings. The molecular formula is C22H18S. The topological polar surface area (TPSA) is 0 Å². The van der Waals surface area contributed by atoms with Crippen LogP contribution in [-0.2, 0) is 6.42 Å². The van der Waals surface area contributed by atoms with Crippen LogP contribution in [-0.4, -0.2) is 0 Å². The number of fused-ring (bicyclic) bond motifs is 3. The first kappa shape index (κ1) is 14.2. The highest BCUT2D eigenvalue weighted by Gasteiger charge is 2.11. The summed E-state index contributed by atoms with van der Waals surface area (Å²) in [5.74, 6) is 0. The Morgan fingerprint density at radius 3 is 2.39 bits per heavy atom. The number of hydrogen-bond donors (Lipinski definition) is 0. The van der Waals surface area contributed by atoms with Crippen molar-refractivity contribution >= 4 is 37.1 Å². The third kappa shape index (κ3) is 2.38. The second-order valence-electron chi connectivity index (χ2n) is 5.81. The predicted molar refractivity (Wildman–Crippen MR) is 103 cm³/mol. The Hall–Kier alpha value is -2.38. The van der Waals surface area contributed by atoms with Gasteiger partial charge in [0.2, 0.25) is 0 Å². The molecule has 3 aromatic carbocycles. The van der Waals surface area contributed by atoms with Crippen molar-refractivity contribution in [2.24, 2.45) is 0 Å². The fourth-order valence-electron chi connectivity index (χ4n) is 3.08. The van der Waals surface area contributed by atoms with Gasteiger partial charge in [-0.2, -0.15) is 0 Å². The summed E-state index contributed by atoms with van der Waals surface area (Å²) in [6.07, 6.45) is 1.07. The minimum atomic E-state index is 1.07. The average molecular weight is 314 g/mol. The maximum atomic E-state index is 4.38. The minimum absolute atomic E-state index is 1.07. The second kappa shape index (κ2) is 5.68. The molecule has 0 N–H and O–H groups in total. The lowest BCUT2D eigenvalue weighted by Gasteiger charge is -2.08. The van der Waals surface area contributed by atoms with Crippen molar-refractivity contribution in [3.63, 3.8) is 0 Å². The van der Waals surface area contributed by atoms with E-state index in [1.807, 2.05) is 11.3 Å². The third-order valence-corrected chi connectivity index (χ3v) is 5.66. The van der Waals surface area contributed by atoms with E-state index in [-0.39, 0.29) is 0 Å². The van der Waals surface area contributed by atoms with E-state index in [4.69, 9.17) is 0 Å². The fraction of sp³-hybridized carbons (Fsp3) is 0.0909. The SMILES string of the molecule is C=C(c1ccc(CC)cc1)c1cccc2c1sc1ccccc12. The van der Waals surface area contributed by atoms with Crippen LogP contribution in [0.25, 0.3) is 25.7 Å². The summed E-state index contributed by atoms with van der Waals surface area (Å²) >= 11 is 1.86. The summed E-state index contributed by atoms with van der Waals surface area (Å²) in [6, 6.07) is 23.9. The number of hydrogen-bond acceptors (Lipinski definition) is 1. The van der Waals surface area contributed by atoms with Crippen LogP contribution in [0.4, 0.5) is 0 Å². The fourth-order valence-corrected chi connectivity index (χ4v) is 4.33. The zero-order chi connectivity index (χ0) is 15.8. The van der Waals surface area contributed by atoms with Gasteiger partial charge in [-0.1, -0.05) is 74.2 Å². The molecule has 1 aromatic heterocycles. The molecule has 0 aliphatic carbocycles. The lowest BCUT2D eigenvalue weighted by molar-refractivity contribution is 1.14. The minimum Gasteiger partial charge on any atom is -0.135 e. The molecule has 1 heteroatoms. The second-order valence-corrected chi connectivity index (χ2v) is 6.86. The number of benzene rings is 3. The van der Waals surface area contributed by atoms with Gasteiger partial charge in [-0.3, -0.25) is 0 Å². The highest BCUT2D eigenvalue weighted by atomic mass is 32.1. The molecule has 23 heavy (non-hydrogen) atoms. The molecule has 112 valence electrons. The van der Waals surface area contributed by atoms with E-state index in [0.29, 0.717) is 0 Å². The summed E-state index contributed by atoms with van der Waals surface area (Å²) in [7, 11) is 0. The van der Waals surface area contributed by atoms with E-state index in [9.17, 15) is 0 Å². The van der Waals surface area contributed by atoms with Crippen molar-refractivity contribution in [2.75, 3.05) is 0 Å². The first-order valence-corrected chi connectivity index (χ1v) is 8.78. The third-order valence-electron chi connectivity index (χ3n) is 4.44. The van der Waals surface area contributed by atoms with Gasteiger partial charge in [0.05, 0.1) is 0 Å². The molecule has 0 amide bonds. The van der Waals surface area contributed by atoms with E-state index in [0.717, 1.165) is 12.0 Å². The monoisotopic (exact) mass is 314 g/mol. The summed E-state index contributed by atoms with van der Waals surface area (Å²) < 4.78 is 2.67. The Labute approximate surface area is 140 Å². The Balaban J connectivity index is 1.88. The van der Waals surface area contributed by atoms with Gasteiger partial charge in [-0.15, -0.1) is 11.3 Å². The maximum Gasteiger partial charge on any atom is 0.0433 e. The van der Waals surface area contributed by atoms with Gasteiger partial charge in [0, 0.05) is 20.2 Å². The molecule has 4 aromatic rings. The molecule has 0 saturated heterocycles. The van der Waals surface area contributed by atoms with Crippen LogP contribution in [0, 0.1) is 0 Å². The van der Waals surface area contributed by atoms with Crippen molar-refractivity contribution in [2.45, 2.75) is 13.3 Å². The average Bonchev–Trinajstić information content (AvgIpc) is 3.00. The van der Waals surface area contributed by atoms with E-state index < -0.39 is 0 Å². The lowest BCUT2D eigenvalue weighted by atomic mass is 9.97. The summed E-state index contributed by atoms with van der Waals surface area (Å²) in [4.78, 5) is 0. The van der Waals surface area contributed by atoms with Crippen molar-refractivity contribution in [3.8, 4) is 0 Å². The molecule has 0 nitrogen and oxygen atoms in total. The predicted octanol–water partition coefficient (Wildman–Crippen LogP) is 6.68. The van der Waals surface area contributed by atoms with Gasteiger partial charge in [0.25, 0.3) is 0 Å². The molecule has 0 spiro atoms. The van der Waals surface area contributed by atoms with Crippen LogP contribution in [0.2, 0.25) is 0 Å². The van der Waals surface area contributed by atoms with Crippen molar-refractivity contribution in [1.29, 1.82) is 0 Å².